The Labute approximate surface area is 119 Å². The lowest BCUT2D eigenvalue weighted by Gasteiger charge is -2.23. The fourth-order valence-electron chi connectivity index (χ4n) is 2.38. The van der Waals surface area contributed by atoms with E-state index in [0.29, 0.717) is 12.0 Å². The molecule has 0 saturated carbocycles. The van der Waals surface area contributed by atoms with E-state index < -0.39 is 0 Å². The van der Waals surface area contributed by atoms with E-state index in [9.17, 15) is 4.79 Å². The number of hydrogen-bond acceptors (Lipinski definition) is 2. The molecule has 0 aliphatic rings. The molecule has 0 aromatic rings. The number of hydrogen-bond donors (Lipinski definition) is 2. The van der Waals surface area contributed by atoms with Crippen molar-refractivity contribution < 1.29 is 4.79 Å². The van der Waals surface area contributed by atoms with E-state index in [2.05, 4.69) is 38.3 Å². The lowest BCUT2D eigenvalue weighted by Crippen LogP contribution is -2.47. The van der Waals surface area contributed by atoms with Crippen LogP contribution < -0.4 is 10.6 Å². The molecule has 0 aliphatic carbocycles. The number of carbonyl (C=O) groups is 1. The standard InChI is InChI=1S/C16H34N2O/c1-6-7-8-9-10-11-14(4)18-15(12-13(2)3)16(19)17-5/h13-15,18H,6-12H2,1-5H3,(H,17,19). The second-order valence-electron chi connectivity index (χ2n) is 6.07. The van der Waals surface area contributed by atoms with Crippen molar-refractivity contribution in [1.82, 2.24) is 10.6 Å². The van der Waals surface area contributed by atoms with Crippen molar-refractivity contribution in [3.8, 4) is 0 Å². The average Bonchev–Trinajstić information content (AvgIpc) is 2.36. The van der Waals surface area contributed by atoms with Crippen molar-refractivity contribution in [2.75, 3.05) is 7.05 Å². The summed E-state index contributed by atoms with van der Waals surface area (Å²) in [4.78, 5) is 11.8. The second kappa shape index (κ2) is 11.3. The van der Waals surface area contributed by atoms with Gasteiger partial charge in [0.2, 0.25) is 5.91 Å². The Morgan fingerprint density at radius 2 is 1.68 bits per heavy atom. The van der Waals surface area contributed by atoms with Gasteiger partial charge in [-0.1, -0.05) is 52.9 Å². The smallest absolute Gasteiger partial charge is 0.236 e. The molecule has 19 heavy (non-hydrogen) atoms. The highest BCUT2D eigenvalue weighted by Crippen LogP contribution is 2.10. The van der Waals surface area contributed by atoms with E-state index in [0.717, 1.165) is 12.8 Å². The lowest BCUT2D eigenvalue weighted by molar-refractivity contribution is -0.123. The van der Waals surface area contributed by atoms with Gasteiger partial charge in [-0.3, -0.25) is 4.79 Å². The first-order valence-corrected chi connectivity index (χ1v) is 7.98. The molecule has 2 atom stereocenters. The SMILES string of the molecule is CCCCCCCC(C)NC(CC(C)C)C(=O)NC. The molecule has 0 radical (unpaired) electrons. The summed E-state index contributed by atoms with van der Waals surface area (Å²) < 4.78 is 0. The van der Waals surface area contributed by atoms with Gasteiger partial charge in [-0.2, -0.15) is 0 Å². The van der Waals surface area contributed by atoms with Crippen LogP contribution in [0.3, 0.4) is 0 Å². The molecule has 3 nitrogen and oxygen atoms in total. The highest BCUT2D eigenvalue weighted by atomic mass is 16.2. The normalized spacial score (nSPS) is 14.4. The third-order valence-electron chi connectivity index (χ3n) is 3.50. The van der Waals surface area contributed by atoms with Gasteiger partial charge in [-0.15, -0.1) is 0 Å². The predicted molar refractivity (Wildman–Crippen MR) is 83.3 cm³/mol. The fourth-order valence-corrected chi connectivity index (χ4v) is 2.38. The number of unbranched alkanes of at least 4 members (excludes halogenated alkanes) is 4. The predicted octanol–water partition coefficient (Wildman–Crippen LogP) is 3.49. The number of carbonyl (C=O) groups excluding carboxylic acids is 1. The quantitative estimate of drug-likeness (QED) is 0.564. The summed E-state index contributed by atoms with van der Waals surface area (Å²) >= 11 is 0. The number of likely N-dealkylation sites (N-methyl/N-ethyl adjacent to an activating group) is 1. The molecule has 3 heteroatoms. The summed E-state index contributed by atoms with van der Waals surface area (Å²) in [6, 6.07) is 0.373. The van der Waals surface area contributed by atoms with Crippen LogP contribution in [0.5, 0.6) is 0 Å². The van der Waals surface area contributed by atoms with Crippen LogP contribution in [0.25, 0.3) is 0 Å². The maximum atomic E-state index is 11.8. The maximum Gasteiger partial charge on any atom is 0.236 e. The molecule has 0 rings (SSSR count). The Balaban J connectivity index is 3.95. The summed E-state index contributed by atoms with van der Waals surface area (Å²) in [5, 5.41) is 6.24. The Morgan fingerprint density at radius 3 is 2.21 bits per heavy atom. The molecule has 2 unspecified atom stereocenters. The van der Waals surface area contributed by atoms with E-state index in [-0.39, 0.29) is 11.9 Å². The summed E-state index contributed by atoms with van der Waals surface area (Å²) in [6.45, 7) is 8.75. The van der Waals surface area contributed by atoms with E-state index in [1.54, 1.807) is 7.05 Å². The van der Waals surface area contributed by atoms with E-state index in [1.165, 1.54) is 32.1 Å². The molecule has 1 amide bonds. The fraction of sp³-hybridized carbons (Fsp3) is 0.938. The minimum absolute atomic E-state index is 0.0457. The molecule has 0 aromatic carbocycles. The number of amides is 1. The van der Waals surface area contributed by atoms with Crippen molar-refractivity contribution in [3.63, 3.8) is 0 Å². The number of rotatable bonds is 11. The Kier molecular flexibility index (Phi) is 10.9. The minimum atomic E-state index is -0.0457. The van der Waals surface area contributed by atoms with Crippen LogP contribution in [0.2, 0.25) is 0 Å². The molecule has 0 saturated heterocycles. The summed E-state index contributed by atoms with van der Waals surface area (Å²) in [5.41, 5.74) is 0. The molecule has 0 bridgehead atoms. The Morgan fingerprint density at radius 1 is 1.05 bits per heavy atom. The molecule has 0 fully saturated rings. The van der Waals surface area contributed by atoms with Crippen LogP contribution in [-0.4, -0.2) is 25.0 Å². The van der Waals surface area contributed by atoms with Gasteiger partial charge in [0.15, 0.2) is 0 Å². The van der Waals surface area contributed by atoms with Crippen molar-refractivity contribution in [1.29, 1.82) is 0 Å². The van der Waals surface area contributed by atoms with Gasteiger partial charge in [-0.25, -0.2) is 0 Å². The van der Waals surface area contributed by atoms with E-state index >= 15 is 0 Å². The molecular formula is C16H34N2O. The zero-order valence-corrected chi connectivity index (χ0v) is 13.6. The number of nitrogens with one attached hydrogen (secondary N) is 2. The van der Waals surface area contributed by atoms with Crippen LogP contribution in [0, 0.1) is 5.92 Å². The van der Waals surface area contributed by atoms with Crippen LogP contribution >= 0.6 is 0 Å². The van der Waals surface area contributed by atoms with Gasteiger partial charge in [0.05, 0.1) is 6.04 Å². The van der Waals surface area contributed by atoms with Crippen molar-refractivity contribution >= 4 is 5.91 Å². The van der Waals surface area contributed by atoms with Crippen LogP contribution in [-0.2, 0) is 4.79 Å². The van der Waals surface area contributed by atoms with Crippen LogP contribution in [0.4, 0.5) is 0 Å². The third-order valence-corrected chi connectivity index (χ3v) is 3.50. The first kappa shape index (κ1) is 18.4. The van der Waals surface area contributed by atoms with Gasteiger partial charge < -0.3 is 10.6 Å². The largest absolute Gasteiger partial charge is 0.358 e. The zero-order valence-electron chi connectivity index (χ0n) is 13.6. The first-order valence-electron chi connectivity index (χ1n) is 7.98. The summed E-state index contributed by atoms with van der Waals surface area (Å²) in [6.07, 6.45) is 8.62. The maximum absolute atomic E-state index is 11.8. The molecule has 114 valence electrons. The topological polar surface area (TPSA) is 41.1 Å². The van der Waals surface area contributed by atoms with Gasteiger partial charge in [0.25, 0.3) is 0 Å². The highest BCUT2D eigenvalue weighted by Gasteiger charge is 2.19. The molecule has 0 aromatic heterocycles. The van der Waals surface area contributed by atoms with Gasteiger partial charge in [-0.05, 0) is 25.7 Å². The van der Waals surface area contributed by atoms with E-state index in [1.807, 2.05) is 0 Å². The van der Waals surface area contributed by atoms with Gasteiger partial charge in [0.1, 0.15) is 0 Å². The molecule has 0 spiro atoms. The molecular weight excluding hydrogens is 236 g/mol. The molecule has 2 N–H and O–H groups in total. The Hall–Kier alpha value is -0.570. The van der Waals surface area contributed by atoms with E-state index in [4.69, 9.17) is 0 Å². The van der Waals surface area contributed by atoms with Gasteiger partial charge >= 0.3 is 0 Å². The van der Waals surface area contributed by atoms with Crippen molar-refractivity contribution in [2.24, 2.45) is 5.92 Å². The van der Waals surface area contributed by atoms with Crippen molar-refractivity contribution in [2.45, 2.75) is 84.7 Å². The highest BCUT2D eigenvalue weighted by molar-refractivity contribution is 5.81. The molecule has 0 heterocycles. The van der Waals surface area contributed by atoms with Gasteiger partial charge in [0, 0.05) is 13.1 Å². The third kappa shape index (κ3) is 9.94. The second-order valence-corrected chi connectivity index (χ2v) is 6.07. The van der Waals surface area contributed by atoms with Crippen molar-refractivity contribution in [3.05, 3.63) is 0 Å². The Bertz CT molecular complexity index is 229. The summed E-state index contributed by atoms with van der Waals surface area (Å²) in [7, 11) is 1.72. The van der Waals surface area contributed by atoms with Crippen LogP contribution in [0.15, 0.2) is 0 Å². The first-order chi connectivity index (χ1) is 9.01. The molecule has 0 aliphatic heterocycles. The lowest BCUT2D eigenvalue weighted by atomic mass is 10.0. The zero-order chi connectivity index (χ0) is 14.7. The summed E-state index contributed by atoms with van der Waals surface area (Å²) in [5.74, 6) is 0.651. The monoisotopic (exact) mass is 270 g/mol. The average molecular weight is 270 g/mol. The minimum Gasteiger partial charge on any atom is -0.358 e. The van der Waals surface area contributed by atoms with Crippen LogP contribution in [0.1, 0.15) is 72.6 Å².